The molecule has 0 radical (unpaired) electrons. The van der Waals surface area contributed by atoms with Gasteiger partial charge in [-0.05, 0) is 12.5 Å². The summed E-state index contributed by atoms with van der Waals surface area (Å²) in [4.78, 5) is 10.7. The van der Waals surface area contributed by atoms with E-state index in [1.165, 1.54) is 6.92 Å². The first-order valence-electron chi connectivity index (χ1n) is 5.29. The normalized spacial score (nSPS) is 14.2. The van der Waals surface area contributed by atoms with Gasteiger partial charge in [0.1, 0.15) is 12.2 Å². The summed E-state index contributed by atoms with van der Waals surface area (Å²) in [6.45, 7) is 3.15. The molecule has 0 spiro atoms. The SMILES string of the molecule is CC(=O)NCC(O)C(O)c1cccc(C)c1Cl. The summed E-state index contributed by atoms with van der Waals surface area (Å²) >= 11 is 6.04. The summed E-state index contributed by atoms with van der Waals surface area (Å²) in [5.74, 6) is -0.258. The van der Waals surface area contributed by atoms with Gasteiger partial charge in [0.2, 0.25) is 5.91 Å². The van der Waals surface area contributed by atoms with Crippen molar-refractivity contribution >= 4 is 17.5 Å². The van der Waals surface area contributed by atoms with Crippen LogP contribution >= 0.6 is 11.6 Å². The van der Waals surface area contributed by atoms with E-state index in [1.54, 1.807) is 12.1 Å². The van der Waals surface area contributed by atoms with Gasteiger partial charge in [-0.2, -0.15) is 0 Å². The van der Waals surface area contributed by atoms with Crippen LogP contribution in [0.1, 0.15) is 24.2 Å². The molecule has 1 aromatic carbocycles. The molecule has 1 amide bonds. The monoisotopic (exact) mass is 257 g/mol. The number of aryl methyl sites for hydroxylation is 1. The number of amides is 1. The molecule has 4 nitrogen and oxygen atoms in total. The van der Waals surface area contributed by atoms with E-state index in [0.717, 1.165) is 5.56 Å². The maximum Gasteiger partial charge on any atom is 0.216 e. The zero-order valence-corrected chi connectivity index (χ0v) is 10.5. The van der Waals surface area contributed by atoms with Gasteiger partial charge in [0.15, 0.2) is 0 Å². The van der Waals surface area contributed by atoms with Gasteiger partial charge < -0.3 is 15.5 Å². The van der Waals surface area contributed by atoms with E-state index in [0.29, 0.717) is 10.6 Å². The Hall–Kier alpha value is -1.10. The van der Waals surface area contributed by atoms with Crippen LogP contribution in [-0.4, -0.2) is 28.8 Å². The number of nitrogens with one attached hydrogen (secondary N) is 1. The lowest BCUT2D eigenvalue weighted by Gasteiger charge is -2.20. The Balaban J connectivity index is 2.77. The zero-order chi connectivity index (χ0) is 13.0. The lowest BCUT2D eigenvalue weighted by atomic mass is 10.0. The fourth-order valence-corrected chi connectivity index (χ4v) is 1.70. The minimum absolute atomic E-state index is 0.0131. The molecule has 94 valence electrons. The summed E-state index contributed by atoms with van der Waals surface area (Å²) in [5.41, 5.74) is 1.29. The summed E-state index contributed by atoms with van der Waals surface area (Å²) in [5, 5.41) is 22.5. The topological polar surface area (TPSA) is 69.6 Å². The third kappa shape index (κ3) is 3.70. The predicted octanol–water partition coefficient (Wildman–Crippen LogP) is 1.18. The first-order valence-corrected chi connectivity index (χ1v) is 5.67. The van der Waals surface area contributed by atoms with Gasteiger partial charge in [0.05, 0.1) is 0 Å². The fourth-order valence-electron chi connectivity index (χ4n) is 1.47. The molecule has 1 rings (SSSR count). The van der Waals surface area contributed by atoms with E-state index in [4.69, 9.17) is 11.6 Å². The molecule has 0 aromatic heterocycles. The van der Waals surface area contributed by atoms with E-state index in [2.05, 4.69) is 5.32 Å². The molecule has 3 N–H and O–H groups in total. The van der Waals surface area contributed by atoms with Crippen molar-refractivity contribution in [3.05, 3.63) is 34.3 Å². The number of halogens is 1. The van der Waals surface area contributed by atoms with Crippen LogP contribution in [0.25, 0.3) is 0 Å². The molecule has 0 aliphatic carbocycles. The zero-order valence-electron chi connectivity index (χ0n) is 9.77. The third-order valence-corrected chi connectivity index (χ3v) is 2.98. The largest absolute Gasteiger partial charge is 0.388 e. The first-order chi connectivity index (χ1) is 7.93. The standard InChI is InChI=1S/C12H16ClNO3/c1-7-4-3-5-9(11(7)13)12(17)10(16)6-14-8(2)15/h3-5,10,12,16-17H,6H2,1-2H3,(H,14,15). The van der Waals surface area contributed by atoms with Crippen LogP contribution in [0.3, 0.4) is 0 Å². The lowest BCUT2D eigenvalue weighted by molar-refractivity contribution is -0.119. The van der Waals surface area contributed by atoms with Gasteiger partial charge in [0, 0.05) is 24.1 Å². The fraction of sp³-hybridized carbons (Fsp3) is 0.417. The van der Waals surface area contributed by atoms with Gasteiger partial charge >= 0.3 is 0 Å². The van der Waals surface area contributed by atoms with Crippen LogP contribution in [-0.2, 0) is 4.79 Å². The molecule has 2 atom stereocenters. The van der Waals surface area contributed by atoms with E-state index < -0.39 is 12.2 Å². The number of carbonyl (C=O) groups is 1. The van der Waals surface area contributed by atoms with Gasteiger partial charge in [-0.25, -0.2) is 0 Å². The summed E-state index contributed by atoms with van der Waals surface area (Å²) < 4.78 is 0. The van der Waals surface area contributed by atoms with Crippen molar-refractivity contribution < 1.29 is 15.0 Å². The molecule has 0 aliphatic heterocycles. The van der Waals surface area contributed by atoms with Gasteiger partial charge in [0.25, 0.3) is 0 Å². The highest BCUT2D eigenvalue weighted by Gasteiger charge is 2.21. The van der Waals surface area contributed by atoms with Crippen molar-refractivity contribution in [3.8, 4) is 0 Å². The first kappa shape index (κ1) is 14.0. The average molecular weight is 258 g/mol. The van der Waals surface area contributed by atoms with Crippen LogP contribution in [0.2, 0.25) is 5.02 Å². The molecule has 1 aromatic rings. The summed E-state index contributed by atoms with van der Waals surface area (Å²) in [6.07, 6.45) is -2.20. The highest BCUT2D eigenvalue weighted by Crippen LogP contribution is 2.27. The Labute approximate surface area is 105 Å². The second-order valence-electron chi connectivity index (χ2n) is 3.93. The molecule has 0 fully saturated rings. The van der Waals surface area contributed by atoms with Gasteiger partial charge in [-0.1, -0.05) is 29.8 Å². The molecular formula is C12H16ClNO3. The third-order valence-electron chi connectivity index (χ3n) is 2.46. The molecule has 0 saturated carbocycles. The summed E-state index contributed by atoms with van der Waals surface area (Å²) in [7, 11) is 0. The molecule has 2 unspecified atom stereocenters. The second kappa shape index (κ2) is 6.00. The van der Waals surface area contributed by atoms with Crippen LogP contribution in [0, 0.1) is 6.92 Å². The van der Waals surface area contributed by atoms with E-state index in [1.807, 2.05) is 13.0 Å². The van der Waals surface area contributed by atoms with E-state index in [9.17, 15) is 15.0 Å². The van der Waals surface area contributed by atoms with Crippen molar-refractivity contribution in [2.45, 2.75) is 26.1 Å². The Morgan fingerprint density at radius 1 is 1.47 bits per heavy atom. The van der Waals surface area contributed by atoms with Crippen molar-refractivity contribution in [2.24, 2.45) is 0 Å². The molecule has 17 heavy (non-hydrogen) atoms. The van der Waals surface area contributed by atoms with Crippen LogP contribution in [0.15, 0.2) is 18.2 Å². The molecular weight excluding hydrogens is 242 g/mol. The number of carbonyl (C=O) groups excluding carboxylic acids is 1. The van der Waals surface area contributed by atoms with Gasteiger partial charge in [-0.3, -0.25) is 4.79 Å². The number of hydrogen-bond acceptors (Lipinski definition) is 3. The maximum atomic E-state index is 10.7. The number of aliphatic hydroxyl groups excluding tert-OH is 2. The van der Waals surface area contributed by atoms with Crippen molar-refractivity contribution in [1.82, 2.24) is 5.32 Å². The molecule has 0 saturated heterocycles. The van der Waals surface area contributed by atoms with Crippen molar-refractivity contribution in [3.63, 3.8) is 0 Å². The Morgan fingerprint density at radius 3 is 2.71 bits per heavy atom. The molecule has 0 heterocycles. The second-order valence-corrected chi connectivity index (χ2v) is 4.31. The van der Waals surface area contributed by atoms with Crippen LogP contribution in [0.4, 0.5) is 0 Å². The average Bonchev–Trinajstić information content (AvgIpc) is 2.28. The smallest absolute Gasteiger partial charge is 0.216 e. The Morgan fingerprint density at radius 2 is 2.12 bits per heavy atom. The number of aliphatic hydroxyl groups is 2. The number of hydrogen-bond donors (Lipinski definition) is 3. The number of rotatable bonds is 4. The van der Waals surface area contributed by atoms with Crippen LogP contribution < -0.4 is 5.32 Å². The van der Waals surface area contributed by atoms with E-state index >= 15 is 0 Å². The Kier molecular flexibility index (Phi) is 4.93. The summed E-state index contributed by atoms with van der Waals surface area (Å²) in [6, 6.07) is 5.22. The van der Waals surface area contributed by atoms with Crippen LogP contribution in [0.5, 0.6) is 0 Å². The minimum atomic E-state index is -1.12. The maximum absolute atomic E-state index is 10.7. The highest BCUT2D eigenvalue weighted by atomic mass is 35.5. The Bertz CT molecular complexity index is 409. The molecule has 0 aliphatic rings. The highest BCUT2D eigenvalue weighted by molar-refractivity contribution is 6.32. The van der Waals surface area contributed by atoms with Crippen molar-refractivity contribution in [2.75, 3.05) is 6.54 Å². The molecule has 0 bridgehead atoms. The quantitative estimate of drug-likeness (QED) is 0.759. The predicted molar refractivity (Wildman–Crippen MR) is 65.8 cm³/mol. The van der Waals surface area contributed by atoms with Crippen molar-refractivity contribution in [1.29, 1.82) is 0 Å². The number of benzene rings is 1. The lowest BCUT2D eigenvalue weighted by Crippen LogP contribution is -2.34. The van der Waals surface area contributed by atoms with E-state index in [-0.39, 0.29) is 12.5 Å². The van der Waals surface area contributed by atoms with Gasteiger partial charge in [-0.15, -0.1) is 0 Å². The minimum Gasteiger partial charge on any atom is -0.388 e. The molecule has 5 heteroatoms.